The topological polar surface area (TPSA) is 110 Å². The molecule has 1 heterocycles. The molecule has 1 saturated heterocycles. The summed E-state index contributed by atoms with van der Waals surface area (Å²) in [7, 11) is 0. The van der Waals surface area contributed by atoms with Crippen LogP contribution in [0.3, 0.4) is 0 Å². The lowest BCUT2D eigenvalue weighted by molar-refractivity contribution is -0.385. The van der Waals surface area contributed by atoms with Gasteiger partial charge in [0.1, 0.15) is 5.69 Å². The summed E-state index contributed by atoms with van der Waals surface area (Å²) in [6, 6.07) is 8.29. The van der Waals surface area contributed by atoms with Gasteiger partial charge in [-0.15, -0.1) is 0 Å². The van der Waals surface area contributed by atoms with Crippen molar-refractivity contribution in [3.63, 3.8) is 0 Å². The Bertz CT molecular complexity index is 1080. The number of benzene rings is 2. The predicted octanol–water partition coefficient (Wildman–Crippen LogP) is 3.88. The molecule has 32 heavy (non-hydrogen) atoms. The first kappa shape index (κ1) is 22.7. The normalized spacial score (nSPS) is 14.6. The smallest absolute Gasteiger partial charge is 0.362 e. The maximum Gasteiger partial charge on any atom is 0.416 e. The summed E-state index contributed by atoms with van der Waals surface area (Å²) in [5.74, 6) is -0.398. The third kappa shape index (κ3) is 5.02. The molecule has 0 aliphatic carbocycles. The van der Waals surface area contributed by atoms with Crippen molar-refractivity contribution >= 4 is 29.0 Å². The lowest BCUT2D eigenvalue weighted by Crippen LogP contribution is -2.48. The largest absolute Gasteiger partial charge is 0.416 e. The Balaban J connectivity index is 1.70. The van der Waals surface area contributed by atoms with Crippen LogP contribution in [0, 0.1) is 20.2 Å². The van der Waals surface area contributed by atoms with Crippen molar-refractivity contribution in [3.05, 3.63) is 79.9 Å². The fourth-order valence-electron chi connectivity index (χ4n) is 3.34. The summed E-state index contributed by atoms with van der Waals surface area (Å²) in [5.41, 5.74) is -1.59. The molecule has 3 rings (SSSR count). The first-order valence-electron chi connectivity index (χ1n) is 9.39. The van der Waals surface area contributed by atoms with E-state index in [2.05, 4.69) is 0 Å². The average molecular weight is 450 g/mol. The van der Waals surface area contributed by atoms with E-state index in [9.17, 15) is 38.2 Å². The van der Waals surface area contributed by atoms with Gasteiger partial charge in [0.25, 0.3) is 11.4 Å². The molecule has 1 aliphatic heterocycles. The molecule has 0 radical (unpaired) electrons. The number of rotatable bonds is 5. The Morgan fingerprint density at radius 1 is 0.938 bits per heavy atom. The predicted molar refractivity (Wildman–Crippen MR) is 109 cm³/mol. The molecule has 0 aromatic heterocycles. The number of halogens is 3. The quantitative estimate of drug-likeness (QED) is 0.388. The summed E-state index contributed by atoms with van der Waals surface area (Å²) in [4.78, 5) is 36.4. The second-order valence-corrected chi connectivity index (χ2v) is 6.92. The van der Waals surface area contributed by atoms with E-state index in [1.165, 1.54) is 35.3 Å². The standard InChI is InChI=1S/C20H17F3N4O5/c21-20(22,23)15-6-7-17(18(13-15)27(31)32)24-9-11-25(12-10-24)19(28)8-5-14-3-1-2-4-16(14)26(29)30/h1-8,13H,9-12H2/b8-5+. The van der Waals surface area contributed by atoms with Crippen molar-refractivity contribution in [3.8, 4) is 0 Å². The molecule has 1 amide bonds. The molecule has 1 fully saturated rings. The van der Waals surface area contributed by atoms with Gasteiger partial charge in [-0.2, -0.15) is 13.2 Å². The van der Waals surface area contributed by atoms with Crippen LogP contribution in [0.1, 0.15) is 11.1 Å². The van der Waals surface area contributed by atoms with Gasteiger partial charge in [-0.1, -0.05) is 12.1 Å². The molecule has 0 spiro atoms. The van der Waals surface area contributed by atoms with E-state index >= 15 is 0 Å². The number of amides is 1. The fraction of sp³-hybridized carbons (Fsp3) is 0.250. The van der Waals surface area contributed by atoms with Crippen LogP contribution >= 0.6 is 0 Å². The number of carbonyl (C=O) groups is 1. The first-order chi connectivity index (χ1) is 15.1. The number of hydrogen-bond acceptors (Lipinski definition) is 6. The van der Waals surface area contributed by atoms with Crippen molar-refractivity contribution < 1.29 is 27.8 Å². The summed E-state index contributed by atoms with van der Waals surface area (Å²) >= 11 is 0. The molecule has 0 unspecified atom stereocenters. The Hall–Kier alpha value is -3.96. The van der Waals surface area contributed by atoms with Gasteiger partial charge in [0.15, 0.2) is 0 Å². The number of carbonyl (C=O) groups excluding carboxylic acids is 1. The minimum absolute atomic E-state index is 0.0468. The Morgan fingerprint density at radius 2 is 1.56 bits per heavy atom. The fourth-order valence-corrected chi connectivity index (χ4v) is 3.34. The monoisotopic (exact) mass is 450 g/mol. The van der Waals surface area contributed by atoms with Gasteiger partial charge in [-0.05, 0) is 24.3 Å². The number of hydrogen-bond donors (Lipinski definition) is 0. The van der Waals surface area contributed by atoms with Crippen LogP contribution in [0.4, 0.5) is 30.2 Å². The molecule has 0 bridgehead atoms. The molecule has 168 valence electrons. The van der Waals surface area contributed by atoms with Crippen molar-refractivity contribution in [2.24, 2.45) is 0 Å². The highest BCUT2D eigenvalue weighted by Gasteiger charge is 2.34. The van der Waals surface area contributed by atoms with Crippen LogP contribution in [0.5, 0.6) is 0 Å². The molecule has 9 nitrogen and oxygen atoms in total. The summed E-state index contributed by atoms with van der Waals surface area (Å²) in [5, 5.41) is 22.4. The second kappa shape index (κ2) is 9.04. The number of nitro benzene ring substituents is 2. The zero-order valence-corrected chi connectivity index (χ0v) is 16.5. The van der Waals surface area contributed by atoms with E-state index in [-0.39, 0.29) is 43.1 Å². The SMILES string of the molecule is O=C(/C=C/c1ccccc1[N+](=O)[O-])N1CCN(c2ccc(C(F)(F)F)cc2[N+](=O)[O-])CC1. The lowest BCUT2D eigenvalue weighted by atomic mass is 10.1. The van der Waals surface area contributed by atoms with E-state index < -0.39 is 33.2 Å². The number of para-hydroxylation sites is 1. The zero-order valence-electron chi connectivity index (χ0n) is 16.5. The Labute approximate surface area is 179 Å². The molecule has 0 saturated carbocycles. The summed E-state index contributed by atoms with van der Waals surface area (Å²) in [6.07, 6.45) is -2.15. The lowest BCUT2D eigenvalue weighted by Gasteiger charge is -2.35. The first-order valence-corrected chi connectivity index (χ1v) is 9.39. The van der Waals surface area contributed by atoms with Crippen LogP contribution in [0.2, 0.25) is 0 Å². The van der Waals surface area contributed by atoms with E-state index in [1.807, 2.05) is 0 Å². The van der Waals surface area contributed by atoms with Crippen molar-refractivity contribution in [1.82, 2.24) is 4.90 Å². The zero-order chi connectivity index (χ0) is 23.5. The number of alkyl halides is 3. The number of nitrogens with zero attached hydrogens (tertiary/aromatic N) is 4. The molecule has 1 aliphatic rings. The van der Waals surface area contributed by atoms with Crippen molar-refractivity contribution in [2.75, 3.05) is 31.1 Å². The highest BCUT2D eigenvalue weighted by atomic mass is 19.4. The highest BCUT2D eigenvalue weighted by Crippen LogP contribution is 2.36. The van der Waals surface area contributed by atoms with Crippen molar-refractivity contribution in [2.45, 2.75) is 6.18 Å². The highest BCUT2D eigenvalue weighted by molar-refractivity contribution is 5.92. The molecular formula is C20H17F3N4O5. The van der Waals surface area contributed by atoms with E-state index in [0.29, 0.717) is 6.07 Å². The third-order valence-corrected chi connectivity index (χ3v) is 4.97. The third-order valence-electron chi connectivity index (χ3n) is 4.97. The average Bonchev–Trinajstić information content (AvgIpc) is 2.76. The molecule has 12 heteroatoms. The van der Waals surface area contributed by atoms with E-state index in [4.69, 9.17) is 0 Å². The minimum Gasteiger partial charge on any atom is -0.362 e. The van der Waals surface area contributed by atoms with Gasteiger partial charge in [0.2, 0.25) is 5.91 Å². The van der Waals surface area contributed by atoms with Gasteiger partial charge < -0.3 is 9.80 Å². The summed E-state index contributed by atoms with van der Waals surface area (Å²) in [6.45, 7) is 0.713. The molecule has 0 atom stereocenters. The van der Waals surface area contributed by atoms with Gasteiger partial charge in [0, 0.05) is 44.4 Å². The summed E-state index contributed by atoms with van der Waals surface area (Å²) < 4.78 is 38.7. The second-order valence-electron chi connectivity index (χ2n) is 6.92. The van der Waals surface area contributed by atoms with Crippen LogP contribution in [0.25, 0.3) is 6.08 Å². The van der Waals surface area contributed by atoms with Crippen molar-refractivity contribution in [1.29, 1.82) is 0 Å². The van der Waals surface area contributed by atoms with Gasteiger partial charge >= 0.3 is 6.18 Å². The van der Waals surface area contributed by atoms with Gasteiger partial charge in [0.05, 0.1) is 21.0 Å². The van der Waals surface area contributed by atoms with E-state index in [0.717, 1.165) is 12.1 Å². The molecular weight excluding hydrogens is 433 g/mol. The van der Waals surface area contributed by atoms with Crippen LogP contribution in [-0.4, -0.2) is 46.8 Å². The Kier molecular flexibility index (Phi) is 6.42. The van der Waals surface area contributed by atoms with Crippen LogP contribution in [0.15, 0.2) is 48.5 Å². The van der Waals surface area contributed by atoms with Gasteiger partial charge in [-0.25, -0.2) is 0 Å². The van der Waals surface area contributed by atoms with E-state index in [1.54, 1.807) is 11.0 Å². The van der Waals surface area contributed by atoms with Crippen LogP contribution in [-0.2, 0) is 11.0 Å². The molecule has 2 aromatic rings. The Morgan fingerprint density at radius 3 is 2.16 bits per heavy atom. The number of nitro groups is 2. The molecule has 0 N–H and O–H groups in total. The van der Waals surface area contributed by atoms with Crippen LogP contribution < -0.4 is 4.90 Å². The maximum absolute atomic E-state index is 12.9. The number of piperazine rings is 1. The number of anilines is 1. The molecule has 2 aromatic carbocycles. The minimum atomic E-state index is -4.70. The maximum atomic E-state index is 12.9. The van der Waals surface area contributed by atoms with Gasteiger partial charge in [-0.3, -0.25) is 25.0 Å².